The third-order valence-corrected chi connectivity index (χ3v) is 8.76. The molecule has 0 saturated carbocycles. The lowest BCUT2D eigenvalue weighted by Crippen LogP contribution is -2.30. The van der Waals surface area contributed by atoms with Crippen molar-refractivity contribution in [3.8, 4) is 5.75 Å². The van der Waals surface area contributed by atoms with Crippen LogP contribution in [-0.2, 0) is 16.2 Å². The quantitative estimate of drug-likeness (QED) is 0.0894. The summed E-state index contributed by atoms with van der Waals surface area (Å²) in [5, 5.41) is 8.75. The van der Waals surface area contributed by atoms with Gasteiger partial charge in [-0.15, -0.1) is 11.8 Å². The molecule has 3 amide bonds. The number of halogens is 2. The average molecular weight is 697 g/mol. The van der Waals surface area contributed by atoms with Crippen LogP contribution < -0.4 is 20.7 Å². The zero-order valence-corrected chi connectivity index (χ0v) is 28.1. The van der Waals surface area contributed by atoms with Crippen molar-refractivity contribution in [2.24, 2.45) is 0 Å². The Bertz CT molecular complexity index is 1920. The number of carbonyl (C=O) groups is 3. The molecule has 242 valence electrons. The van der Waals surface area contributed by atoms with E-state index in [2.05, 4.69) is 16.0 Å². The lowest BCUT2D eigenvalue weighted by Gasteiger charge is -2.14. The summed E-state index contributed by atoms with van der Waals surface area (Å²) in [6, 6.07) is 37.7. The predicted molar refractivity (Wildman–Crippen MR) is 195 cm³/mol. The number of rotatable bonds is 12. The monoisotopic (exact) mass is 695 g/mol. The SMILES string of the molecule is CC(Sc1cccc(NC(=O)/C(=C\c2ccc(OCc3ccccc3)cc2)NC(=O)c2ccccc2)c1)C(=O)Nc1ccc(Cl)c(Cl)c1. The molecular formula is C38H31Cl2N3O4S. The number of nitrogens with one attached hydrogen (secondary N) is 3. The van der Waals surface area contributed by atoms with Crippen molar-refractivity contribution in [2.75, 3.05) is 10.6 Å². The minimum atomic E-state index is -0.517. The molecule has 48 heavy (non-hydrogen) atoms. The van der Waals surface area contributed by atoms with Crippen molar-refractivity contribution in [2.45, 2.75) is 23.7 Å². The molecule has 5 aromatic carbocycles. The van der Waals surface area contributed by atoms with Gasteiger partial charge in [0.25, 0.3) is 11.8 Å². The van der Waals surface area contributed by atoms with Crippen molar-refractivity contribution in [1.82, 2.24) is 5.32 Å². The van der Waals surface area contributed by atoms with E-state index >= 15 is 0 Å². The molecule has 0 heterocycles. The molecular weight excluding hydrogens is 665 g/mol. The largest absolute Gasteiger partial charge is 0.489 e. The van der Waals surface area contributed by atoms with E-state index in [1.807, 2.05) is 66.7 Å². The van der Waals surface area contributed by atoms with Crippen LogP contribution in [0.15, 0.2) is 138 Å². The van der Waals surface area contributed by atoms with Crippen LogP contribution in [0.2, 0.25) is 10.0 Å². The smallest absolute Gasteiger partial charge is 0.272 e. The van der Waals surface area contributed by atoms with Crippen molar-refractivity contribution in [3.63, 3.8) is 0 Å². The first-order valence-corrected chi connectivity index (χ1v) is 16.6. The summed E-state index contributed by atoms with van der Waals surface area (Å²) in [5.41, 5.74) is 3.22. The van der Waals surface area contributed by atoms with Crippen LogP contribution in [0.1, 0.15) is 28.4 Å². The molecule has 0 spiro atoms. The van der Waals surface area contributed by atoms with Crippen molar-refractivity contribution in [3.05, 3.63) is 160 Å². The minimum absolute atomic E-state index is 0.0502. The summed E-state index contributed by atoms with van der Waals surface area (Å²) in [4.78, 5) is 40.3. The standard InChI is InChI=1S/C38H31Cl2N3O4S/c1-25(36(44)41-30-17-20-33(39)34(40)23-30)48-32-14-8-13-29(22-32)42-38(46)35(43-37(45)28-11-6-3-7-12-28)21-26-15-18-31(19-16-26)47-24-27-9-4-2-5-10-27/h2-23,25H,24H2,1H3,(H,41,44)(H,42,46)(H,43,45)/b35-21+. The fourth-order valence-corrected chi connectivity index (χ4v) is 5.66. The van der Waals surface area contributed by atoms with E-state index in [1.54, 1.807) is 73.7 Å². The third kappa shape index (κ3) is 9.99. The van der Waals surface area contributed by atoms with Gasteiger partial charge in [-0.25, -0.2) is 0 Å². The summed E-state index contributed by atoms with van der Waals surface area (Å²) in [6.07, 6.45) is 1.60. The molecule has 3 N–H and O–H groups in total. The van der Waals surface area contributed by atoms with Crippen LogP contribution in [0.4, 0.5) is 11.4 Å². The molecule has 7 nitrogen and oxygen atoms in total. The number of thioether (sulfide) groups is 1. The maximum atomic E-state index is 13.6. The molecule has 1 atom stereocenters. The van der Waals surface area contributed by atoms with Gasteiger partial charge in [-0.05, 0) is 84.8 Å². The van der Waals surface area contributed by atoms with Gasteiger partial charge in [0.1, 0.15) is 18.1 Å². The van der Waals surface area contributed by atoms with E-state index in [0.29, 0.717) is 44.9 Å². The fraction of sp³-hybridized carbons (Fsp3) is 0.0789. The Morgan fingerprint density at radius 1 is 0.750 bits per heavy atom. The zero-order valence-electron chi connectivity index (χ0n) is 25.8. The first-order valence-electron chi connectivity index (χ1n) is 14.9. The highest BCUT2D eigenvalue weighted by molar-refractivity contribution is 8.00. The zero-order chi connectivity index (χ0) is 33.9. The van der Waals surface area contributed by atoms with Crippen LogP contribution in [0.5, 0.6) is 5.75 Å². The van der Waals surface area contributed by atoms with Crippen molar-refractivity contribution in [1.29, 1.82) is 0 Å². The van der Waals surface area contributed by atoms with Gasteiger partial charge in [-0.2, -0.15) is 0 Å². The Hall–Kier alpha value is -5.02. The average Bonchev–Trinajstić information content (AvgIpc) is 3.10. The molecule has 0 aliphatic rings. The number of hydrogen-bond donors (Lipinski definition) is 3. The van der Waals surface area contributed by atoms with Gasteiger partial charge >= 0.3 is 0 Å². The van der Waals surface area contributed by atoms with E-state index in [9.17, 15) is 14.4 Å². The van der Waals surface area contributed by atoms with Gasteiger partial charge < -0.3 is 20.7 Å². The number of amides is 3. The van der Waals surface area contributed by atoms with E-state index in [0.717, 1.165) is 10.5 Å². The highest BCUT2D eigenvalue weighted by Crippen LogP contribution is 2.29. The van der Waals surface area contributed by atoms with Crippen LogP contribution >= 0.6 is 35.0 Å². The summed E-state index contributed by atoms with van der Waals surface area (Å²) in [7, 11) is 0. The molecule has 0 bridgehead atoms. The van der Waals surface area contributed by atoms with Gasteiger partial charge in [-0.1, -0.05) is 89.9 Å². The summed E-state index contributed by atoms with van der Waals surface area (Å²) in [6.45, 7) is 2.20. The first kappa shape index (κ1) is 34.3. The Morgan fingerprint density at radius 2 is 1.44 bits per heavy atom. The Morgan fingerprint density at radius 3 is 2.15 bits per heavy atom. The topological polar surface area (TPSA) is 96.5 Å². The van der Waals surface area contributed by atoms with E-state index < -0.39 is 17.1 Å². The number of anilines is 2. The molecule has 0 saturated heterocycles. The Labute approximate surface area is 293 Å². The van der Waals surface area contributed by atoms with Gasteiger partial charge in [-0.3, -0.25) is 14.4 Å². The number of hydrogen-bond acceptors (Lipinski definition) is 5. The van der Waals surface area contributed by atoms with Gasteiger partial charge in [0.2, 0.25) is 5.91 Å². The summed E-state index contributed by atoms with van der Waals surface area (Å²) >= 11 is 13.4. The van der Waals surface area contributed by atoms with Gasteiger partial charge in [0.05, 0.1) is 15.3 Å². The van der Waals surface area contributed by atoms with E-state index in [-0.39, 0.29) is 11.6 Å². The molecule has 0 radical (unpaired) electrons. The maximum absolute atomic E-state index is 13.6. The fourth-order valence-electron chi connectivity index (χ4n) is 4.43. The van der Waals surface area contributed by atoms with Crippen LogP contribution in [0.25, 0.3) is 6.08 Å². The maximum Gasteiger partial charge on any atom is 0.272 e. The van der Waals surface area contributed by atoms with Crippen LogP contribution in [0.3, 0.4) is 0 Å². The summed E-state index contributed by atoms with van der Waals surface area (Å²) in [5.74, 6) is -0.496. The molecule has 0 fully saturated rings. The number of ether oxygens (including phenoxy) is 1. The highest BCUT2D eigenvalue weighted by Gasteiger charge is 2.18. The second-order valence-corrected chi connectivity index (χ2v) is 12.8. The molecule has 5 rings (SSSR count). The number of carbonyl (C=O) groups excluding carboxylic acids is 3. The molecule has 10 heteroatoms. The highest BCUT2D eigenvalue weighted by atomic mass is 35.5. The second kappa shape index (κ2) is 16.7. The Balaban J connectivity index is 1.28. The van der Waals surface area contributed by atoms with E-state index in [4.69, 9.17) is 27.9 Å². The van der Waals surface area contributed by atoms with Crippen LogP contribution in [0, 0.1) is 0 Å². The molecule has 0 aromatic heterocycles. The summed E-state index contributed by atoms with van der Waals surface area (Å²) < 4.78 is 5.89. The molecule has 0 aliphatic heterocycles. The predicted octanol–water partition coefficient (Wildman–Crippen LogP) is 9.10. The molecule has 5 aromatic rings. The third-order valence-electron chi connectivity index (χ3n) is 6.93. The lowest BCUT2D eigenvalue weighted by atomic mass is 10.1. The van der Waals surface area contributed by atoms with E-state index in [1.165, 1.54) is 11.8 Å². The minimum Gasteiger partial charge on any atom is -0.489 e. The molecule has 0 aliphatic carbocycles. The van der Waals surface area contributed by atoms with Crippen molar-refractivity contribution < 1.29 is 19.1 Å². The number of benzene rings is 5. The molecule has 1 unspecified atom stereocenters. The van der Waals surface area contributed by atoms with Crippen molar-refractivity contribution >= 4 is 70.1 Å². The van der Waals surface area contributed by atoms with Gasteiger partial charge in [0, 0.05) is 21.8 Å². The lowest BCUT2D eigenvalue weighted by molar-refractivity contribution is -0.115. The second-order valence-electron chi connectivity index (χ2n) is 10.6. The van der Waals surface area contributed by atoms with Crippen LogP contribution in [-0.4, -0.2) is 23.0 Å². The van der Waals surface area contributed by atoms with Gasteiger partial charge in [0.15, 0.2) is 0 Å². The Kier molecular flexibility index (Phi) is 11.9. The normalized spacial score (nSPS) is 11.7. The first-order chi connectivity index (χ1) is 23.2.